The molecule has 118 valence electrons. The van der Waals surface area contributed by atoms with E-state index in [9.17, 15) is 13.5 Å². The molecule has 1 atom stereocenters. The average Bonchev–Trinajstić information content (AvgIpc) is 2.92. The number of ether oxygens (including phenoxy) is 1. The molecule has 0 aromatic heterocycles. The van der Waals surface area contributed by atoms with Gasteiger partial charge in [-0.1, -0.05) is 0 Å². The van der Waals surface area contributed by atoms with Crippen LogP contribution in [0.5, 0.6) is 5.75 Å². The fourth-order valence-electron chi connectivity index (χ4n) is 2.35. The van der Waals surface area contributed by atoms with Crippen molar-refractivity contribution in [3.63, 3.8) is 0 Å². The molecule has 1 unspecified atom stereocenters. The summed E-state index contributed by atoms with van der Waals surface area (Å²) in [6, 6.07) is 4.50. The molecule has 0 spiro atoms. The number of nitrogens with one attached hydrogen (secondary N) is 1. The summed E-state index contributed by atoms with van der Waals surface area (Å²) in [7, 11) is -2.09. The Balaban J connectivity index is 2.15. The second-order valence-electron chi connectivity index (χ2n) is 5.36. The Hall–Kier alpha value is -0.760. The zero-order valence-corrected chi connectivity index (χ0v) is 13.9. The molecule has 0 saturated carbocycles. The first kappa shape index (κ1) is 16.6. The summed E-state index contributed by atoms with van der Waals surface area (Å²) in [5.74, 6) is 1.56. The number of aliphatic hydroxyl groups is 1. The van der Waals surface area contributed by atoms with Crippen LogP contribution in [0.15, 0.2) is 23.1 Å². The highest BCUT2D eigenvalue weighted by Crippen LogP contribution is 2.37. The Bertz CT molecular complexity index is 595. The van der Waals surface area contributed by atoms with Gasteiger partial charge in [-0.15, -0.1) is 0 Å². The fourth-order valence-corrected chi connectivity index (χ4v) is 4.91. The van der Waals surface area contributed by atoms with Crippen LogP contribution in [0.3, 0.4) is 0 Å². The smallest absolute Gasteiger partial charge is 0.240 e. The Morgan fingerprint density at radius 1 is 1.48 bits per heavy atom. The largest absolute Gasteiger partial charge is 0.496 e. The van der Waals surface area contributed by atoms with Crippen LogP contribution in [-0.2, 0) is 16.6 Å². The minimum absolute atomic E-state index is 0.0284. The van der Waals surface area contributed by atoms with Crippen LogP contribution >= 0.6 is 11.8 Å². The lowest BCUT2D eigenvalue weighted by atomic mass is 10.1. The van der Waals surface area contributed by atoms with Crippen molar-refractivity contribution in [2.75, 3.05) is 19.4 Å². The first-order valence-corrected chi connectivity index (χ1v) is 9.28. The third-order valence-corrected chi connectivity index (χ3v) is 6.61. The summed E-state index contributed by atoms with van der Waals surface area (Å²) < 4.78 is 32.4. The van der Waals surface area contributed by atoms with E-state index >= 15 is 0 Å². The third kappa shape index (κ3) is 3.91. The molecule has 1 aliphatic rings. The van der Waals surface area contributed by atoms with E-state index in [0.29, 0.717) is 17.9 Å². The van der Waals surface area contributed by atoms with Gasteiger partial charge in [-0.2, -0.15) is 11.8 Å². The Morgan fingerprint density at radius 3 is 2.81 bits per heavy atom. The number of rotatable bonds is 6. The molecule has 2 N–H and O–H groups in total. The second-order valence-corrected chi connectivity index (χ2v) is 8.81. The maximum Gasteiger partial charge on any atom is 0.240 e. The molecular weight excluding hydrogens is 310 g/mol. The number of aliphatic hydroxyl groups excluding tert-OH is 1. The second kappa shape index (κ2) is 6.56. The van der Waals surface area contributed by atoms with E-state index in [1.807, 2.05) is 11.8 Å². The molecule has 0 bridgehead atoms. The zero-order valence-electron chi connectivity index (χ0n) is 12.3. The highest BCUT2D eigenvalue weighted by Gasteiger charge is 2.31. The van der Waals surface area contributed by atoms with Gasteiger partial charge in [0.15, 0.2) is 0 Å². The molecular formula is C14H21NO4S2. The Morgan fingerprint density at radius 2 is 2.24 bits per heavy atom. The molecule has 0 amide bonds. The molecule has 1 heterocycles. The predicted molar refractivity (Wildman–Crippen MR) is 84.2 cm³/mol. The first-order chi connectivity index (χ1) is 9.90. The summed E-state index contributed by atoms with van der Waals surface area (Å²) >= 11 is 1.81. The van der Waals surface area contributed by atoms with Gasteiger partial charge in [-0.25, -0.2) is 13.1 Å². The van der Waals surface area contributed by atoms with Crippen molar-refractivity contribution in [3.05, 3.63) is 23.8 Å². The minimum Gasteiger partial charge on any atom is -0.496 e. The van der Waals surface area contributed by atoms with Crippen LogP contribution in [0, 0.1) is 0 Å². The van der Waals surface area contributed by atoms with Crippen molar-refractivity contribution in [1.29, 1.82) is 0 Å². The lowest BCUT2D eigenvalue weighted by Gasteiger charge is -2.23. The van der Waals surface area contributed by atoms with Crippen molar-refractivity contribution < 1.29 is 18.3 Å². The van der Waals surface area contributed by atoms with E-state index in [1.165, 1.54) is 19.2 Å². The lowest BCUT2D eigenvalue weighted by molar-refractivity contribution is 0.273. The molecule has 1 aromatic rings. The summed E-state index contributed by atoms with van der Waals surface area (Å²) in [5, 5.41) is 9.28. The van der Waals surface area contributed by atoms with Gasteiger partial charge < -0.3 is 9.84 Å². The van der Waals surface area contributed by atoms with Crippen LogP contribution in [-0.4, -0.2) is 37.7 Å². The van der Waals surface area contributed by atoms with Gasteiger partial charge in [-0.3, -0.25) is 0 Å². The van der Waals surface area contributed by atoms with E-state index in [0.717, 1.165) is 18.6 Å². The number of hydrogen-bond donors (Lipinski definition) is 2. The maximum absolute atomic E-state index is 12.4. The lowest BCUT2D eigenvalue weighted by Crippen LogP contribution is -2.36. The molecule has 0 aliphatic carbocycles. The molecule has 1 aromatic carbocycles. The number of sulfonamides is 1. The van der Waals surface area contributed by atoms with Gasteiger partial charge in [0.2, 0.25) is 10.0 Å². The molecule has 1 saturated heterocycles. The normalized spacial score (nSPS) is 22.4. The number of hydrogen-bond acceptors (Lipinski definition) is 5. The number of methoxy groups -OCH3 is 1. The average molecular weight is 331 g/mol. The number of thioether (sulfide) groups is 1. The molecule has 7 heteroatoms. The van der Waals surface area contributed by atoms with Gasteiger partial charge >= 0.3 is 0 Å². The van der Waals surface area contributed by atoms with E-state index in [2.05, 4.69) is 11.6 Å². The highest BCUT2D eigenvalue weighted by molar-refractivity contribution is 8.01. The quantitative estimate of drug-likeness (QED) is 0.830. The minimum atomic E-state index is -3.57. The van der Waals surface area contributed by atoms with Crippen LogP contribution in [0.25, 0.3) is 0 Å². The monoisotopic (exact) mass is 331 g/mol. The van der Waals surface area contributed by atoms with Crippen LogP contribution in [0.1, 0.15) is 25.3 Å². The van der Waals surface area contributed by atoms with E-state index in [4.69, 9.17) is 4.74 Å². The maximum atomic E-state index is 12.4. The van der Waals surface area contributed by atoms with Crippen LogP contribution in [0.4, 0.5) is 0 Å². The zero-order chi connectivity index (χ0) is 15.5. The van der Waals surface area contributed by atoms with Gasteiger partial charge in [0.25, 0.3) is 0 Å². The van der Waals surface area contributed by atoms with E-state index in [1.54, 1.807) is 6.07 Å². The van der Waals surface area contributed by atoms with Crippen LogP contribution < -0.4 is 9.46 Å². The van der Waals surface area contributed by atoms with Gasteiger partial charge in [0.05, 0.1) is 18.6 Å². The van der Waals surface area contributed by atoms with Gasteiger partial charge in [0, 0.05) is 16.9 Å². The molecule has 0 radical (unpaired) electrons. The van der Waals surface area contributed by atoms with Crippen LogP contribution in [0.2, 0.25) is 0 Å². The van der Waals surface area contributed by atoms with Crippen molar-refractivity contribution >= 4 is 21.8 Å². The Kier molecular flexibility index (Phi) is 5.19. The molecule has 21 heavy (non-hydrogen) atoms. The predicted octanol–water partition coefficient (Wildman–Crippen LogP) is 1.75. The first-order valence-electron chi connectivity index (χ1n) is 6.82. The van der Waals surface area contributed by atoms with Crippen molar-refractivity contribution in [2.45, 2.75) is 36.0 Å². The SMILES string of the molecule is COc1ccc(S(=O)(=O)NCC2(C)CCCS2)cc1CO. The third-order valence-electron chi connectivity index (χ3n) is 3.67. The summed E-state index contributed by atoms with van der Waals surface area (Å²) in [5.41, 5.74) is 0.460. The highest BCUT2D eigenvalue weighted by atomic mass is 32.2. The van der Waals surface area contributed by atoms with E-state index < -0.39 is 10.0 Å². The Labute approximate surface area is 130 Å². The summed E-state index contributed by atoms with van der Waals surface area (Å²) in [6.07, 6.45) is 2.14. The van der Waals surface area contributed by atoms with Crippen molar-refractivity contribution in [2.24, 2.45) is 0 Å². The molecule has 2 rings (SSSR count). The van der Waals surface area contributed by atoms with Gasteiger partial charge in [0.1, 0.15) is 5.75 Å². The molecule has 1 aliphatic heterocycles. The fraction of sp³-hybridized carbons (Fsp3) is 0.571. The standard InChI is InChI=1S/C14H21NO4S2/c1-14(6-3-7-20-14)10-15-21(17,18)12-4-5-13(19-2)11(8-12)9-16/h4-5,8,15-16H,3,6-7,9-10H2,1-2H3. The topological polar surface area (TPSA) is 75.6 Å². The number of benzene rings is 1. The summed E-state index contributed by atoms with van der Waals surface area (Å²) in [4.78, 5) is 0.152. The van der Waals surface area contributed by atoms with Gasteiger partial charge in [-0.05, 0) is 43.7 Å². The van der Waals surface area contributed by atoms with Crippen molar-refractivity contribution in [3.8, 4) is 5.75 Å². The van der Waals surface area contributed by atoms with Crippen molar-refractivity contribution in [1.82, 2.24) is 4.72 Å². The molecule has 1 fully saturated rings. The molecule has 5 nitrogen and oxygen atoms in total. The van der Waals surface area contributed by atoms with E-state index in [-0.39, 0.29) is 16.2 Å². The summed E-state index contributed by atoms with van der Waals surface area (Å²) in [6.45, 7) is 2.24.